The Morgan fingerprint density at radius 3 is 2.31 bits per heavy atom. The molecule has 0 spiro atoms. The summed E-state index contributed by atoms with van der Waals surface area (Å²) in [6.07, 6.45) is 9.02. The fourth-order valence-corrected chi connectivity index (χ4v) is 3.15. The molecule has 0 radical (unpaired) electrons. The van der Waals surface area contributed by atoms with Gasteiger partial charge >= 0.3 is 0 Å². The summed E-state index contributed by atoms with van der Waals surface area (Å²) in [7, 11) is 0. The highest BCUT2D eigenvalue weighted by atomic mass is 14.4. The molecular formula is C16H22. The van der Waals surface area contributed by atoms with Crippen molar-refractivity contribution in [3.05, 3.63) is 48.6 Å². The first-order valence-corrected chi connectivity index (χ1v) is 6.44. The van der Waals surface area contributed by atoms with Gasteiger partial charge in [0.2, 0.25) is 0 Å². The van der Waals surface area contributed by atoms with Crippen LogP contribution in [0.25, 0.3) is 0 Å². The number of hydrogen-bond acceptors (Lipinski definition) is 0. The average Bonchev–Trinajstić information content (AvgIpc) is 2.32. The van der Waals surface area contributed by atoms with Crippen LogP contribution in [0.1, 0.15) is 50.5 Å². The SMILES string of the molecule is C=CC(c1ccccc1)C1(C)CCCCC1. The molecule has 0 heterocycles. The second-order valence-electron chi connectivity index (χ2n) is 5.34. The van der Waals surface area contributed by atoms with Crippen molar-refractivity contribution < 1.29 is 0 Å². The van der Waals surface area contributed by atoms with E-state index in [0.717, 1.165) is 0 Å². The maximum Gasteiger partial charge on any atom is 0.00691 e. The molecule has 1 aromatic carbocycles. The lowest BCUT2D eigenvalue weighted by atomic mass is 9.65. The molecule has 0 N–H and O–H groups in total. The Morgan fingerprint density at radius 2 is 1.75 bits per heavy atom. The summed E-state index contributed by atoms with van der Waals surface area (Å²) in [4.78, 5) is 0. The van der Waals surface area contributed by atoms with Crippen LogP contribution in [0.15, 0.2) is 43.0 Å². The molecule has 1 unspecified atom stereocenters. The fourth-order valence-electron chi connectivity index (χ4n) is 3.15. The third-order valence-corrected chi connectivity index (χ3v) is 4.14. The summed E-state index contributed by atoms with van der Waals surface area (Å²) >= 11 is 0. The standard InChI is InChI=1S/C16H22/c1-3-15(14-10-6-4-7-11-14)16(2)12-8-5-9-13-16/h3-4,6-7,10-11,15H,1,5,8-9,12-13H2,2H3. The molecule has 1 fully saturated rings. The average molecular weight is 214 g/mol. The number of hydrogen-bond donors (Lipinski definition) is 0. The Labute approximate surface area is 99.4 Å². The van der Waals surface area contributed by atoms with Gasteiger partial charge in [0, 0.05) is 5.92 Å². The van der Waals surface area contributed by atoms with Gasteiger partial charge in [0.15, 0.2) is 0 Å². The molecule has 0 saturated heterocycles. The van der Waals surface area contributed by atoms with E-state index in [-0.39, 0.29) is 0 Å². The van der Waals surface area contributed by atoms with Crippen LogP contribution >= 0.6 is 0 Å². The van der Waals surface area contributed by atoms with Gasteiger partial charge in [-0.15, -0.1) is 6.58 Å². The van der Waals surface area contributed by atoms with Gasteiger partial charge in [-0.2, -0.15) is 0 Å². The lowest BCUT2D eigenvalue weighted by molar-refractivity contribution is 0.191. The van der Waals surface area contributed by atoms with Crippen molar-refractivity contribution >= 4 is 0 Å². The van der Waals surface area contributed by atoms with Crippen LogP contribution in [0.5, 0.6) is 0 Å². The molecule has 1 saturated carbocycles. The number of benzene rings is 1. The van der Waals surface area contributed by atoms with Crippen molar-refractivity contribution in [2.24, 2.45) is 5.41 Å². The highest BCUT2D eigenvalue weighted by Gasteiger charge is 2.34. The fraction of sp³-hybridized carbons (Fsp3) is 0.500. The van der Waals surface area contributed by atoms with Crippen LogP contribution in [-0.4, -0.2) is 0 Å². The molecule has 0 heteroatoms. The largest absolute Gasteiger partial charge is 0.102 e. The monoisotopic (exact) mass is 214 g/mol. The van der Waals surface area contributed by atoms with E-state index in [4.69, 9.17) is 0 Å². The quantitative estimate of drug-likeness (QED) is 0.626. The van der Waals surface area contributed by atoms with Gasteiger partial charge in [-0.3, -0.25) is 0 Å². The predicted molar refractivity (Wildman–Crippen MR) is 70.6 cm³/mol. The van der Waals surface area contributed by atoms with Crippen molar-refractivity contribution in [3.63, 3.8) is 0 Å². The molecule has 1 aromatic rings. The van der Waals surface area contributed by atoms with Crippen LogP contribution < -0.4 is 0 Å². The molecule has 86 valence electrons. The smallest absolute Gasteiger partial charge is 0.00691 e. The van der Waals surface area contributed by atoms with Crippen molar-refractivity contribution in [3.8, 4) is 0 Å². The second-order valence-corrected chi connectivity index (χ2v) is 5.34. The minimum absolute atomic E-state index is 0.432. The molecule has 16 heavy (non-hydrogen) atoms. The highest BCUT2D eigenvalue weighted by Crippen LogP contribution is 2.47. The van der Waals surface area contributed by atoms with Crippen LogP contribution in [0.3, 0.4) is 0 Å². The first-order chi connectivity index (χ1) is 7.76. The van der Waals surface area contributed by atoms with Gasteiger partial charge < -0.3 is 0 Å². The van der Waals surface area contributed by atoms with E-state index >= 15 is 0 Å². The molecule has 1 atom stereocenters. The minimum Gasteiger partial charge on any atom is -0.102 e. The molecule has 1 aliphatic rings. The Hall–Kier alpha value is -1.04. The summed E-state index contributed by atoms with van der Waals surface area (Å²) in [6, 6.07) is 10.8. The zero-order chi connectivity index (χ0) is 11.4. The van der Waals surface area contributed by atoms with E-state index in [1.807, 2.05) is 0 Å². The van der Waals surface area contributed by atoms with E-state index < -0.39 is 0 Å². The molecule has 0 bridgehead atoms. The number of rotatable bonds is 3. The molecule has 0 nitrogen and oxygen atoms in total. The Kier molecular flexibility index (Phi) is 3.48. The number of allylic oxidation sites excluding steroid dienone is 1. The van der Waals surface area contributed by atoms with Gasteiger partial charge in [0.1, 0.15) is 0 Å². The maximum atomic E-state index is 4.06. The summed E-state index contributed by atoms with van der Waals surface area (Å²) in [5, 5.41) is 0. The third-order valence-electron chi connectivity index (χ3n) is 4.14. The Bertz CT molecular complexity index is 330. The van der Waals surface area contributed by atoms with Crippen LogP contribution in [-0.2, 0) is 0 Å². The van der Waals surface area contributed by atoms with Crippen molar-refractivity contribution in [2.75, 3.05) is 0 Å². The molecule has 0 aliphatic heterocycles. The lowest BCUT2D eigenvalue weighted by Gasteiger charge is -2.39. The molecule has 0 amide bonds. The second kappa shape index (κ2) is 4.86. The Balaban J connectivity index is 2.25. The van der Waals surface area contributed by atoms with Gasteiger partial charge in [0.25, 0.3) is 0 Å². The normalized spacial score (nSPS) is 21.3. The van der Waals surface area contributed by atoms with E-state index in [0.29, 0.717) is 11.3 Å². The van der Waals surface area contributed by atoms with Gasteiger partial charge in [-0.05, 0) is 23.8 Å². The van der Waals surface area contributed by atoms with Gasteiger partial charge in [-0.25, -0.2) is 0 Å². The molecule has 0 aromatic heterocycles. The van der Waals surface area contributed by atoms with Crippen molar-refractivity contribution in [1.29, 1.82) is 0 Å². The summed E-state index contributed by atoms with van der Waals surface area (Å²) in [5.41, 5.74) is 1.86. The topological polar surface area (TPSA) is 0 Å². The van der Waals surface area contributed by atoms with Crippen molar-refractivity contribution in [1.82, 2.24) is 0 Å². The van der Waals surface area contributed by atoms with E-state index in [2.05, 4.69) is 49.9 Å². The lowest BCUT2D eigenvalue weighted by Crippen LogP contribution is -2.27. The van der Waals surface area contributed by atoms with Gasteiger partial charge in [-0.1, -0.05) is 62.6 Å². The van der Waals surface area contributed by atoms with Crippen LogP contribution in [0.2, 0.25) is 0 Å². The summed E-state index contributed by atoms with van der Waals surface area (Å²) in [5.74, 6) is 0.522. The molecule has 2 rings (SSSR count). The summed E-state index contributed by atoms with van der Waals surface area (Å²) < 4.78 is 0. The van der Waals surface area contributed by atoms with Crippen LogP contribution in [0.4, 0.5) is 0 Å². The van der Waals surface area contributed by atoms with E-state index in [1.165, 1.54) is 37.7 Å². The molecule has 1 aliphatic carbocycles. The highest BCUT2D eigenvalue weighted by molar-refractivity contribution is 5.26. The van der Waals surface area contributed by atoms with E-state index in [1.54, 1.807) is 0 Å². The summed E-state index contributed by atoms with van der Waals surface area (Å²) in [6.45, 7) is 6.49. The molecular weight excluding hydrogens is 192 g/mol. The third kappa shape index (κ3) is 2.21. The van der Waals surface area contributed by atoms with Gasteiger partial charge in [0.05, 0.1) is 0 Å². The van der Waals surface area contributed by atoms with Crippen LogP contribution in [0, 0.1) is 5.41 Å². The zero-order valence-corrected chi connectivity index (χ0v) is 10.3. The Morgan fingerprint density at radius 1 is 1.12 bits per heavy atom. The van der Waals surface area contributed by atoms with Crippen molar-refractivity contribution in [2.45, 2.75) is 44.9 Å². The first-order valence-electron chi connectivity index (χ1n) is 6.44. The maximum absolute atomic E-state index is 4.06. The zero-order valence-electron chi connectivity index (χ0n) is 10.3. The predicted octanol–water partition coefficient (Wildman–Crippen LogP) is 4.93. The minimum atomic E-state index is 0.432. The van der Waals surface area contributed by atoms with E-state index in [9.17, 15) is 0 Å². The first kappa shape index (κ1) is 11.4.